The number of hydrogen-bond acceptors (Lipinski definition) is 6. The topological polar surface area (TPSA) is 95.9 Å². The van der Waals surface area contributed by atoms with Crippen molar-refractivity contribution in [2.45, 2.75) is 23.9 Å². The van der Waals surface area contributed by atoms with E-state index in [4.69, 9.17) is 27.9 Å². The summed E-state index contributed by atoms with van der Waals surface area (Å²) in [4.78, 5) is 13.4. The number of amides is 1. The SMILES string of the molecule is COc1ccc(S(=O)(=O)N(Cc2ccc(Cl)c(Cl)c2)[C@H](Cc2cccs2)C(=O)NO)cc1. The Morgan fingerprint density at radius 2 is 1.88 bits per heavy atom. The Hall–Kier alpha value is -2.14. The van der Waals surface area contributed by atoms with E-state index < -0.39 is 22.0 Å². The molecule has 170 valence electrons. The lowest BCUT2D eigenvalue weighted by atomic mass is 10.1. The lowest BCUT2D eigenvalue weighted by Crippen LogP contribution is -2.49. The number of nitrogens with one attached hydrogen (secondary N) is 1. The van der Waals surface area contributed by atoms with Crippen molar-refractivity contribution in [3.63, 3.8) is 0 Å². The molecular formula is C21H20Cl2N2O5S2. The Balaban J connectivity index is 2.08. The molecule has 1 atom stereocenters. The molecule has 11 heteroatoms. The molecule has 0 spiro atoms. The van der Waals surface area contributed by atoms with Gasteiger partial charge >= 0.3 is 0 Å². The van der Waals surface area contributed by atoms with Gasteiger partial charge in [-0.3, -0.25) is 10.0 Å². The van der Waals surface area contributed by atoms with E-state index in [-0.39, 0.29) is 22.9 Å². The average Bonchev–Trinajstić information content (AvgIpc) is 3.31. The van der Waals surface area contributed by atoms with Gasteiger partial charge in [-0.2, -0.15) is 4.31 Å². The van der Waals surface area contributed by atoms with Crippen LogP contribution < -0.4 is 10.2 Å². The fourth-order valence-corrected chi connectivity index (χ4v) is 5.72. The quantitative estimate of drug-likeness (QED) is 0.326. The van der Waals surface area contributed by atoms with Gasteiger partial charge in [0, 0.05) is 17.8 Å². The van der Waals surface area contributed by atoms with Crippen LogP contribution >= 0.6 is 34.5 Å². The highest BCUT2D eigenvalue weighted by molar-refractivity contribution is 7.89. The predicted molar refractivity (Wildman–Crippen MR) is 124 cm³/mol. The van der Waals surface area contributed by atoms with Gasteiger partial charge in [0.05, 0.1) is 22.1 Å². The summed E-state index contributed by atoms with van der Waals surface area (Å²) >= 11 is 13.5. The Kier molecular flexibility index (Phi) is 8.16. The number of ether oxygens (including phenoxy) is 1. The van der Waals surface area contributed by atoms with Crippen LogP contribution in [-0.2, 0) is 27.8 Å². The summed E-state index contributed by atoms with van der Waals surface area (Å²) in [7, 11) is -2.70. The number of thiophene rings is 1. The average molecular weight is 515 g/mol. The molecule has 32 heavy (non-hydrogen) atoms. The van der Waals surface area contributed by atoms with Gasteiger partial charge < -0.3 is 4.74 Å². The van der Waals surface area contributed by atoms with E-state index in [0.717, 1.165) is 9.18 Å². The molecule has 3 rings (SSSR count). The molecule has 0 radical (unpaired) electrons. The smallest absolute Gasteiger partial charge is 0.262 e. The first-order chi connectivity index (χ1) is 15.3. The van der Waals surface area contributed by atoms with Crippen LogP contribution in [0.3, 0.4) is 0 Å². The van der Waals surface area contributed by atoms with Crippen LogP contribution in [0.5, 0.6) is 5.75 Å². The molecule has 0 saturated heterocycles. The number of rotatable bonds is 9. The Bertz CT molecular complexity index is 1170. The van der Waals surface area contributed by atoms with Crippen LogP contribution in [0.2, 0.25) is 10.0 Å². The Morgan fingerprint density at radius 1 is 1.16 bits per heavy atom. The fraction of sp³-hybridized carbons (Fsp3) is 0.190. The lowest BCUT2D eigenvalue weighted by molar-refractivity contribution is -0.133. The van der Waals surface area contributed by atoms with Crippen LogP contribution in [0.1, 0.15) is 10.4 Å². The van der Waals surface area contributed by atoms with Crippen molar-refractivity contribution < 1.29 is 23.2 Å². The number of methoxy groups -OCH3 is 1. The van der Waals surface area contributed by atoms with Crippen molar-refractivity contribution in [1.29, 1.82) is 0 Å². The third-order valence-corrected chi connectivity index (χ3v) is 8.23. The second-order valence-corrected chi connectivity index (χ2v) is 10.5. The second kappa shape index (κ2) is 10.7. The molecule has 1 heterocycles. The number of hydrogen-bond donors (Lipinski definition) is 2. The van der Waals surface area contributed by atoms with Crippen LogP contribution in [0.15, 0.2) is 64.9 Å². The number of hydroxylamine groups is 1. The maximum atomic E-state index is 13.6. The van der Waals surface area contributed by atoms with E-state index in [0.29, 0.717) is 16.3 Å². The van der Waals surface area contributed by atoms with E-state index in [1.807, 2.05) is 5.38 Å². The summed E-state index contributed by atoms with van der Waals surface area (Å²) < 4.78 is 33.4. The zero-order chi connectivity index (χ0) is 23.3. The molecule has 0 saturated carbocycles. The standard InChI is InChI=1S/C21H20Cl2N2O5S2/c1-30-15-5-7-17(8-6-15)32(28,29)25(13-14-4-9-18(22)19(23)11-14)20(21(26)24-27)12-16-3-2-10-31-16/h2-11,20,27H,12-13H2,1H3,(H,24,26)/t20-/m1/s1. The van der Waals surface area contributed by atoms with Crippen molar-refractivity contribution in [2.24, 2.45) is 0 Å². The summed E-state index contributed by atoms with van der Waals surface area (Å²) in [6, 6.07) is 12.9. The van der Waals surface area contributed by atoms with Gasteiger partial charge in [0.15, 0.2) is 0 Å². The number of carbonyl (C=O) groups excluding carboxylic acids is 1. The minimum Gasteiger partial charge on any atom is -0.497 e. The van der Waals surface area contributed by atoms with Crippen molar-refractivity contribution in [3.05, 3.63) is 80.5 Å². The summed E-state index contributed by atoms with van der Waals surface area (Å²) in [5.41, 5.74) is 2.12. The number of carbonyl (C=O) groups is 1. The van der Waals surface area contributed by atoms with E-state index in [1.54, 1.807) is 35.8 Å². The third kappa shape index (κ3) is 5.61. The van der Waals surface area contributed by atoms with E-state index in [9.17, 15) is 18.4 Å². The number of nitrogens with zero attached hydrogens (tertiary/aromatic N) is 1. The lowest BCUT2D eigenvalue weighted by Gasteiger charge is -2.29. The number of sulfonamides is 1. The van der Waals surface area contributed by atoms with Crippen molar-refractivity contribution in [1.82, 2.24) is 9.79 Å². The maximum absolute atomic E-state index is 13.6. The monoisotopic (exact) mass is 514 g/mol. The highest BCUT2D eigenvalue weighted by atomic mass is 35.5. The van der Waals surface area contributed by atoms with E-state index >= 15 is 0 Å². The first-order valence-corrected chi connectivity index (χ1v) is 12.4. The van der Waals surface area contributed by atoms with Crippen molar-refractivity contribution in [3.8, 4) is 5.75 Å². The molecule has 0 aliphatic heterocycles. The molecule has 0 unspecified atom stereocenters. The molecule has 0 aliphatic rings. The number of halogens is 2. The second-order valence-electron chi connectivity index (χ2n) is 6.75. The zero-order valence-electron chi connectivity index (χ0n) is 16.9. The van der Waals surface area contributed by atoms with Gasteiger partial charge in [0.25, 0.3) is 5.91 Å². The minimum absolute atomic E-state index is 0.0275. The predicted octanol–water partition coefficient (Wildman–Crippen LogP) is 4.37. The first kappa shape index (κ1) is 24.5. The molecule has 3 aromatic rings. The number of benzene rings is 2. The summed E-state index contributed by atoms with van der Waals surface area (Å²) in [5.74, 6) is -0.362. The van der Waals surface area contributed by atoms with Gasteiger partial charge in [-0.15, -0.1) is 11.3 Å². The largest absolute Gasteiger partial charge is 0.497 e. The molecule has 2 aromatic carbocycles. The Labute approximate surface area is 200 Å². The fourth-order valence-electron chi connectivity index (χ4n) is 3.08. The first-order valence-electron chi connectivity index (χ1n) is 9.32. The van der Waals surface area contributed by atoms with Crippen molar-refractivity contribution in [2.75, 3.05) is 7.11 Å². The van der Waals surface area contributed by atoms with Crippen molar-refractivity contribution >= 4 is 50.5 Å². The van der Waals surface area contributed by atoms with E-state index in [2.05, 4.69) is 0 Å². The third-order valence-electron chi connectivity index (χ3n) is 4.72. The molecule has 0 bridgehead atoms. The van der Waals surface area contributed by atoms with Crippen LogP contribution in [0, 0.1) is 0 Å². The van der Waals surface area contributed by atoms with E-state index in [1.165, 1.54) is 42.7 Å². The summed E-state index contributed by atoms with van der Waals surface area (Å²) in [6.07, 6.45) is 0.0702. The van der Waals surface area contributed by atoms with Crippen LogP contribution in [0.25, 0.3) is 0 Å². The molecule has 1 amide bonds. The molecule has 0 fully saturated rings. The maximum Gasteiger partial charge on any atom is 0.262 e. The molecule has 1 aromatic heterocycles. The zero-order valence-corrected chi connectivity index (χ0v) is 20.0. The van der Waals surface area contributed by atoms with Gasteiger partial charge in [0.2, 0.25) is 10.0 Å². The summed E-state index contributed by atoms with van der Waals surface area (Å²) in [5, 5.41) is 11.8. The molecule has 2 N–H and O–H groups in total. The van der Waals surface area contributed by atoms with Gasteiger partial charge in [-0.1, -0.05) is 35.3 Å². The minimum atomic E-state index is -4.17. The molecular weight excluding hydrogens is 495 g/mol. The molecule has 0 aliphatic carbocycles. The van der Waals surface area contributed by atoms with Crippen LogP contribution in [0.4, 0.5) is 0 Å². The summed E-state index contributed by atoms with van der Waals surface area (Å²) in [6.45, 7) is -0.172. The normalized spacial score (nSPS) is 12.5. The highest BCUT2D eigenvalue weighted by Gasteiger charge is 2.36. The highest BCUT2D eigenvalue weighted by Crippen LogP contribution is 2.28. The van der Waals surface area contributed by atoms with Crippen LogP contribution in [-0.4, -0.2) is 37.0 Å². The van der Waals surface area contributed by atoms with Gasteiger partial charge in [-0.25, -0.2) is 13.9 Å². The van der Waals surface area contributed by atoms with Gasteiger partial charge in [0.1, 0.15) is 11.8 Å². The Morgan fingerprint density at radius 3 is 2.44 bits per heavy atom. The molecule has 7 nitrogen and oxygen atoms in total. The van der Waals surface area contributed by atoms with Gasteiger partial charge in [-0.05, 0) is 53.4 Å².